The Hall–Kier alpha value is -0.120. The first-order valence-corrected chi connectivity index (χ1v) is 6.92. The van der Waals surface area contributed by atoms with Gasteiger partial charge in [0.2, 0.25) is 0 Å². The van der Waals surface area contributed by atoms with Crippen molar-refractivity contribution in [1.82, 2.24) is 10.2 Å². The number of ether oxygens (including phenoxy) is 1. The van der Waals surface area contributed by atoms with E-state index in [1.54, 1.807) is 0 Å². The molecule has 0 aromatic heterocycles. The molecule has 2 atom stereocenters. The summed E-state index contributed by atoms with van der Waals surface area (Å²) in [5.41, 5.74) is 0. The topological polar surface area (TPSA) is 24.5 Å². The highest BCUT2D eigenvalue weighted by Gasteiger charge is 2.23. The molecule has 0 radical (unpaired) electrons. The van der Waals surface area contributed by atoms with Crippen LogP contribution in [0.3, 0.4) is 0 Å². The van der Waals surface area contributed by atoms with Crippen LogP contribution in [0.15, 0.2) is 0 Å². The lowest BCUT2D eigenvalue weighted by atomic mass is 10.1. The minimum atomic E-state index is 0.750. The zero-order valence-corrected chi connectivity index (χ0v) is 10.6. The summed E-state index contributed by atoms with van der Waals surface area (Å²) >= 11 is 0. The molecular formula is C13H26N2O. The molecule has 0 aliphatic carbocycles. The van der Waals surface area contributed by atoms with Gasteiger partial charge in [0.25, 0.3) is 0 Å². The Bertz CT molecular complexity index is 192. The molecule has 16 heavy (non-hydrogen) atoms. The molecule has 0 saturated carbocycles. The molecule has 2 heterocycles. The molecule has 2 aliphatic heterocycles. The van der Waals surface area contributed by atoms with Crippen LogP contribution in [-0.2, 0) is 4.74 Å². The van der Waals surface area contributed by atoms with Crippen molar-refractivity contribution in [1.29, 1.82) is 0 Å². The van der Waals surface area contributed by atoms with Crippen molar-refractivity contribution < 1.29 is 4.74 Å². The van der Waals surface area contributed by atoms with Crippen molar-refractivity contribution in [3.05, 3.63) is 0 Å². The first-order valence-electron chi connectivity index (χ1n) is 6.92. The molecule has 2 aliphatic rings. The maximum absolute atomic E-state index is 5.42. The van der Waals surface area contributed by atoms with Crippen LogP contribution in [-0.4, -0.2) is 50.3 Å². The van der Waals surface area contributed by atoms with Crippen LogP contribution in [0.4, 0.5) is 0 Å². The summed E-state index contributed by atoms with van der Waals surface area (Å²) in [6, 6.07) is 0.750. The van der Waals surface area contributed by atoms with Crippen LogP contribution in [0.5, 0.6) is 0 Å². The van der Waals surface area contributed by atoms with Gasteiger partial charge in [-0.05, 0) is 51.2 Å². The number of likely N-dealkylation sites (tertiary alicyclic amines) is 1. The molecule has 94 valence electrons. The Morgan fingerprint density at radius 2 is 2.31 bits per heavy atom. The molecule has 0 aromatic rings. The van der Waals surface area contributed by atoms with E-state index >= 15 is 0 Å². The fourth-order valence-corrected chi connectivity index (χ4v) is 2.73. The minimum absolute atomic E-state index is 0.750. The third kappa shape index (κ3) is 3.72. The predicted octanol–water partition coefficient (Wildman–Crippen LogP) is 1.49. The van der Waals surface area contributed by atoms with E-state index in [1.165, 1.54) is 51.9 Å². The van der Waals surface area contributed by atoms with Gasteiger partial charge in [-0.15, -0.1) is 0 Å². The summed E-state index contributed by atoms with van der Waals surface area (Å²) in [4.78, 5) is 2.62. The van der Waals surface area contributed by atoms with Gasteiger partial charge in [-0.25, -0.2) is 0 Å². The molecular weight excluding hydrogens is 200 g/mol. The molecule has 2 unspecified atom stereocenters. The van der Waals surface area contributed by atoms with E-state index in [-0.39, 0.29) is 0 Å². The van der Waals surface area contributed by atoms with Crippen LogP contribution in [0, 0.1) is 5.92 Å². The van der Waals surface area contributed by atoms with Crippen LogP contribution in [0.2, 0.25) is 0 Å². The Labute approximate surface area is 99.5 Å². The van der Waals surface area contributed by atoms with E-state index in [0.29, 0.717) is 0 Å². The van der Waals surface area contributed by atoms with Gasteiger partial charge in [-0.2, -0.15) is 0 Å². The average molecular weight is 226 g/mol. The van der Waals surface area contributed by atoms with Gasteiger partial charge in [0.1, 0.15) is 0 Å². The monoisotopic (exact) mass is 226 g/mol. The highest BCUT2D eigenvalue weighted by Crippen LogP contribution is 2.18. The number of rotatable bonds is 6. The summed E-state index contributed by atoms with van der Waals surface area (Å²) < 4.78 is 5.42. The Morgan fingerprint density at radius 1 is 1.38 bits per heavy atom. The van der Waals surface area contributed by atoms with Crippen molar-refractivity contribution in [3.63, 3.8) is 0 Å². The van der Waals surface area contributed by atoms with Gasteiger partial charge in [-0.1, -0.05) is 6.92 Å². The van der Waals surface area contributed by atoms with Crippen molar-refractivity contribution in [2.75, 3.05) is 39.4 Å². The first kappa shape index (κ1) is 12.3. The summed E-state index contributed by atoms with van der Waals surface area (Å²) in [5, 5.41) is 3.62. The highest BCUT2D eigenvalue weighted by atomic mass is 16.5. The summed E-state index contributed by atoms with van der Waals surface area (Å²) in [5.74, 6) is 0.836. The third-order valence-electron chi connectivity index (χ3n) is 3.83. The molecule has 3 nitrogen and oxygen atoms in total. The van der Waals surface area contributed by atoms with Crippen molar-refractivity contribution in [2.45, 2.75) is 38.6 Å². The van der Waals surface area contributed by atoms with Crippen LogP contribution in [0.25, 0.3) is 0 Å². The van der Waals surface area contributed by atoms with Crippen LogP contribution < -0.4 is 5.32 Å². The number of nitrogens with zero attached hydrogens (tertiary/aromatic N) is 1. The third-order valence-corrected chi connectivity index (χ3v) is 3.83. The summed E-state index contributed by atoms with van der Waals surface area (Å²) in [6.07, 6.45) is 5.20. The second kappa shape index (κ2) is 6.58. The lowest BCUT2D eigenvalue weighted by Crippen LogP contribution is -2.33. The fraction of sp³-hybridized carbons (Fsp3) is 1.00. The highest BCUT2D eigenvalue weighted by molar-refractivity contribution is 4.81. The lowest BCUT2D eigenvalue weighted by Gasteiger charge is -2.18. The first-order chi connectivity index (χ1) is 7.88. The molecule has 0 amide bonds. The van der Waals surface area contributed by atoms with Crippen molar-refractivity contribution in [3.8, 4) is 0 Å². The second-order valence-corrected chi connectivity index (χ2v) is 5.26. The van der Waals surface area contributed by atoms with Gasteiger partial charge < -0.3 is 15.0 Å². The Morgan fingerprint density at radius 3 is 3.06 bits per heavy atom. The standard InChI is InChI=1S/C13H26N2O/c1-2-6-14-13-4-8-15(10-13)7-3-12-5-9-16-11-12/h12-14H,2-11H2,1H3. The lowest BCUT2D eigenvalue weighted by molar-refractivity contribution is 0.180. The maximum Gasteiger partial charge on any atom is 0.0495 e. The number of nitrogens with one attached hydrogen (secondary N) is 1. The van der Waals surface area contributed by atoms with Gasteiger partial charge in [0, 0.05) is 25.8 Å². The zero-order chi connectivity index (χ0) is 11.2. The maximum atomic E-state index is 5.42. The minimum Gasteiger partial charge on any atom is -0.381 e. The summed E-state index contributed by atoms with van der Waals surface area (Å²) in [6.45, 7) is 9.23. The molecule has 0 aromatic carbocycles. The van der Waals surface area contributed by atoms with E-state index in [4.69, 9.17) is 4.74 Å². The predicted molar refractivity (Wildman–Crippen MR) is 66.7 cm³/mol. The Balaban J connectivity index is 1.57. The normalized spacial score (nSPS) is 31.3. The number of hydrogen-bond acceptors (Lipinski definition) is 3. The molecule has 2 rings (SSSR count). The molecule has 1 N–H and O–H groups in total. The number of hydrogen-bond donors (Lipinski definition) is 1. The molecule has 0 bridgehead atoms. The van der Waals surface area contributed by atoms with E-state index in [9.17, 15) is 0 Å². The van der Waals surface area contributed by atoms with Crippen LogP contribution >= 0.6 is 0 Å². The largest absolute Gasteiger partial charge is 0.381 e. The van der Waals surface area contributed by atoms with Gasteiger partial charge in [-0.3, -0.25) is 0 Å². The van der Waals surface area contributed by atoms with E-state index < -0.39 is 0 Å². The molecule has 3 heteroatoms. The molecule has 0 spiro atoms. The Kier molecular flexibility index (Phi) is 5.07. The van der Waals surface area contributed by atoms with E-state index in [0.717, 1.165) is 25.2 Å². The van der Waals surface area contributed by atoms with E-state index in [2.05, 4.69) is 17.1 Å². The van der Waals surface area contributed by atoms with Crippen molar-refractivity contribution in [2.24, 2.45) is 5.92 Å². The fourth-order valence-electron chi connectivity index (χ4n) is 2.73. The van der Waals surface area contributed by atoms with Gasteiger partial charge in [0.05, 0.1) is 0 Å². The smallest absolute Gasteiger partial charge is 0.0495 e. The SMILES string of the molecule is CCCNC1CCN(CCC2CCOC2)C1. The van der Waals surface area contributed by atoms with E-state index in [1.807, 2.05) is 0 Å². The van der Waals surface area contributed by atoms with Gasteiger partial charge >= 0.3 is 0 Å². The summed E-state index contributed by atoms with van der Waals surface area (Å²) in [7, 11) is 0. The van der Waals surface area contributed by atoms with Crippen molar-refractivity contribution >= 4 is 0 Å². The molecule has 2 saturated heterocycles. The quantitative estimate of drug-likeness (QED) is 0.742. The van der Waals surface area contributed by atoms with Gasteiger partial charge in [0.15, 0.2) is 0 Å². The van der Waals surface area contributed by atoms with Crippen LogP contribution in [0.1, 0.15) is 32.6 Å². The zero-order valence-electron chi connectivity index (χ0n) is 10.6. The second-order valence-electron chi connectivity index (χ2n) is 5.26. The molecule has 2 fully saturated rings. The average Bonchev–Trinajstić information content (AvgIpc) is 2.95.